The molecule has 0 amide bonds. The van der Waals surface area contributed by atoms with Crippen LogP contribution in [0.2, 0.25) is 0 Å². The van der Waals surface area contributed by atoms with Crippen molar-refractivity contribution in [3.05, 3.63) is 41.2 Å². The van der Waals surface area contributed by atoms with Gasteiger partial charge in [0.1, 0.15) is 0 Å². The predicted octanol–water partition coefficient (Wildman–Crippen LogP) is 3.55. The Morgan fingerprint density at radius 2 is 1.41 bits per heavy atom. The molecular weight excluding hydrogens is 247 g/mol. The molecule has 0 fully saturated rings. The number of aromatic carboxylic acids is 1. The first-order valence-electron chi connectivity index (χ1n) is 4.19. The number of benzene rings is 1. The number of allylic oxidation sites excluding steroid dienone is 1. The first-order chi connectivity index (χ1) is 7.73. The van der Waals surface area contributed by atoms with Crippen LogP contribution >= 0.6 is 0 Å². The number of carboxylic acid groups (broad SMARTS) is 1. The lowest BCUT2D eigenvalue weighted by molar-refractivity contribution is -0.108. The second-order valence-corrected chi connectivity index (χ2v) is 3.01. The normalized spacial score (nSPS) is 13.2. The number of carbonyl (C=O) groups is 1. The Kier molecular flexibility index (Phi) is 3.50. The van der Waals surface area contributed by atoms with Gasteiger partial charge in [0.15, 0.2) is 5.83 Å². The second kappa shape index (κ2) is 4.52. The monoisotopic (exact) mass is 252 g/mol. The van der Waals surface area contributed by atoms with Crippen molar-refractivity contribution < 1.29 is 31.9 Å². The van der Waals surface area contributed by atoms with Crippen molar-refractivity contribution in [1.82, 2.24) is 0 Å². The molecule has 0 aliphatic carbocycles. The standard InChI is InChI=1S/C10H5F5O2/c11-7(8(12)10(13,14)15)5-1-3-6(4-2-5)9(16)17/h1-4H,(H,16,17)/b8-7+. The van der Waals surface area contributed by atoms with Crippen LogP contribution in [0.1, 0.15) is 15.9 Å². The van der Waals surface area contributed by atoms with E-state index in [4.69, 9.17) is 5.11 Å². The minimum Gasteiger partial charge on any atom is -0.478 e. The fraction of sp³-hybridized carbons (Fsp3) is 0.100. The Bertz CT molecular complexity index is 459. The first kappa shape index (κ1) is 13.1. The third kappa shape index (κ3) is 3.02. The molecule has 0 aliphatic heterocycles. The van der Waals surface area contributed by atoms with Gasteiger partial charge < -0.3 is 5.11 Å². The number of hydrogen-bond acceptors (Lipinski definition) is 1. The van der Waals surface area contributed by atoms with Gasteiger partial charge in [-0.1, -0.05) is 12.1 Å². The Hall–Kier alpha value is -1.92. The van der Waals surface area contributed by atoms with Crippen LogP contribution in [0.4, 0.5) is 22.0 Å². The maximum atomic E-state index is 13.0. The van der Waals surface area contributed by atoms with Gasteiger partial charge in [-0.25, -0.2) is 9.18 Å². The molecule has 1 aromatic carbocycles. The molecule has 0 atom stereocenters. The van der Waals surface area contributed by atoms with Crippen LogP contribution in [-0.4, -0.2) is 17.3 Å². The molecule has 92 valence electrons. The van der Waals surface area contributed by atoms with Crippen LogP contribution in [-0.2, 0) is 0 Å². The molecule has 1 rings (SSSR count). The van der Waals surface area contributed by atoms with E-state index in [1.807, 2.05) is 0 Å². The van der Waals surface area contributed by atoms with Crippen LogP contribution < -0.4 is 0 Å². The zero-order valence-electron chi connectivity index (χ0n) is 8.05. The molecular formula is C10H5F5O2. The maximum Gasteiger partial charge on any atom is 0.445 e. The number of hydrogen-bond donors (Lipinski definition) is 1. The smallest absolute Gasteiger partial charge is 0.445 e. The average Bonchev–Trinajstić information content (AvgIpc) is 2.26. The predicted molar refractivity (Wildman–Crippen MR) is 48.6 cm³/mol. The summed E-state index contributed by atoms with van der Waals surface area (Å²) in [7, 11) is 0. The van der Waals surface area contributed by atoms with E-state index in [9.17, 15) is 26.7 Å². The fourth-order valence-corrected chi connectivity index (χ4v) is 1.01. The molecule has 0 spiro atoms. The molecule has 0 radical (unpaired) electrons. The summed E-state index contributed by atoms with van der Waals surface area (Å²) in [5, 5.41) is 8.49. The summed E-state index contributed by atoms with van der Waals surface area (Å²) in [6.45, 7) is 0. The van der Waals surface area contributed by atoms with Crippen LogP contribution in [0, 0.1) is 0 Å². The lowest BCUT2D eigenvalue weighted by Gasteiger charge is -2.05. The average molecular weight is 252 g/mol. The van der Waals surface area contributed by atoms with Gasteiger partial charge in [-0.3, -0.25) is 0 Å². The van der Waals surface area contributed by atoms with E-state index < -0.39 is 29.4 Å². The summed E-state index contributed by atoms with van der Waals surface area (Å²) in [6.07, 6.45) is -5.41. The number of halogens is 5. The topological polar surface area (TPSA) is 37.3 Å². The number of carboxylic acids is 1. The largest absolute Gasteiger partial charge is 0.478 e. The van der Waals surface area contributed by atoms with E-state index in [1.54, 1.807) is 0 Å². The summed E-state index contributed by atoms with van der Waals surface area (Å²) in [5.41, 5.74) is -0.918. The molecule has 0 saturated heterocycles. The lowest BCUT2D eigenvalue weighted by Crippen LogP contribution is -2.09. The third-order valence-corrected chi connectivity index (χ3v) is 1.83. The van der Waals surface area contributed by atoms with Crippen molar-refractivity contribution in [2.75, 3.05) is 0 Å². The van der Waals surface area contributed by atoms with Crippen LogP contribution in [0.3, 0.4) is 0 Å². The van der Waals surface area contributed by atoms with Gasteiger partial charge in [0, 0.05) is 5.56 Å². The van der Waals surface area contributed by atoms with E-state index in [1.165, 1.54) is 0 Å². The van der Waals surface area contributed by atoms with Gasteiger partial charge in [-0.15, -0.1) is 0 Å². The lowest BCUT2D eigenvalue weighted by atomic mass is 10.1. The van der Waals surface area contributed by atoms with E-state index >= 15 is 0 Å². The quantitative estimate of drug-likeness (QED) is 0.817. The highest BCUT2D eigenvalue weighted by molar-refractivity contribution is 5.88. The van der Waals surface area contributed by atoms with Crippen molar-refractivity contribution in [3.63, 3.8) is 0 Å². The molecule has 1 aromatic rings. The van der Waals surface area contributed by atoms with Crippen molar-refractivity contribution in [2.45, 2.75) is 6.18 Å². The molecule has 0 aliphatic rings. The minimum atomic E-state index is -5.41. The van der Waals surface area contributed by atoms with Gasteiger partial charge in [-0.2, -0.15) is 17.6 Å². The van der Waals surface area contributed by atoms with Gasteiger partial charge in [0.2, 0.25) is 5.83 Å². The van der Waals surface area contributed by atoms with Gasteiger partial charge >= 0.3 is 12.1 Å². The molecule has 0 aromatic heterocycles. The maximum absolute atomic E-state index is 13.0. The van der Waals surface area contributed by atoms with E-state index in [0.29, 0.717) is 0 Å². The van der Waals surface area contributed by atoms with Gasteiger partial charge in [0.05, 0.1) is 5.56 Å². The molecule has 0 heterocycles. The minimum absolute atomic E-state index is 0.242. The molecule has 17 heavy (non-hydrogen) atoms. The highest BCUT2D eigenvalue weighted by Gasteiger charge is 2.38. The van der Waals surface area contributed by atoms with Crippen molar-refractivity contribution in [3.8, 4) is 0 Å². The second-order valence-electron chi connectivity index (χ2n) is 3.01. The Morgan fingerprint density at radius 3 is 1.76 bits per heavy atom. The summed E-state index contributed by atoms with van der Waals surface area (Å²) >= 11 is 0. The Labute approximate surface area is 92.0 Å². The number of rotatable bonds is 2. The van der Waals surface area contributed by atoms with Crippen LogP contribution in [0.5, 0.6) is 0 Å². The van der Waals surface area contributed by atoms with Crippen LogP contribution in [0.25, 0.3) is 5.83 Å². The fourth-order valence-electron chi connectivity index (χ4n) is 1.01. The zero-order chi connectivity index (χ0) is 13.2. The van der Waals surface area contributed by atoms with Gasteiger partial charge in [0.25, 0.3) is 0 Å². The van der Waals surface area contributed by atoms with E-state index in [2.05, 4.69) is 0 Å². The molecule has 1 N–H and O–H groups in total. The highest BCUT2D eigenvalue weighted by atomic mass is 19.4. The summed E-state index contributed by atoms with van der Waals surface area (Å²) in [6, 6.07) is 3.26. The summed E-state index contributed by atoms with van der Waals surface area (Å²) in [4.78, 5) is 10.4. The Morgan fingerprint density at radius 1 is 1.00 bits per heavy atom. The molecule has 2 nitrogen and oxygen atoms in total. The SMILES string of the molecule is O=C(O)c1ccc(/C(F)=C(\F)C(F)(F)F)cc1. The van der Waals surface area contributed by atoms with Gasteiger partial charge in [-0.05, 0) is 12.1 Å². The molecule has 0 bridgehead atoms. The van der Waals surface area contributed by atoms with Crippen molar-refractivity contribution >= 4 is 11.8 Å². The summed E-state index contributed by atoms with van der Waals surface area (Å²) < 4.78 is 61.0. The highest BCUT2D eigenvalue weighted by Crippen LogP contribution is 2.34. The van der Waals surface area contributed by atoms with Crippen LogP contribution in [0.15, 0.2) is 30.1 Å². The number of alkyl halides is 3. The Balaban J connectivity index is 3.14. The van der Waals surface area contributed by atoms with E-state index in [0.717, 1.165) is 24.3 Å². The van der Waals surface area contributed by atoms with Crippen molar-refractivity contribution in [2.24, 2.45) is 0 Å². The first-order valence-corrected chi connectivity index (χ1v) is 4.19. The van der Waals surface area contributed by atoms with Crippen molar-refractivity contribution in [1.29, 1.82) is 0 Å². The third-order valence-electron chi connectivity index (χ3n) is 1.83. The molecule has 0 unspecified atom stereocenters. The summed E-state index contributed by atoms with van der Waals surface area (Å²) in [5.74, 6) is -6.24. The zero-order valence-corrected chi connectivity index (χ0v) is 8.05. The van der Waals surface area contributed by atoms with E-state index in [-0.39, 0.29) is 5.56 Å². The molecule has 7 heteroatoms. The molecule has 0 saturated carbocycles.